The Morgan fingerprint density at radius 2 is 2.31 bits per heavy atom. The Hall–Kier alpha value is -0.970. The molecule has 74 valence electrons. The standard InChI is InChI=1S/C8H13F2N3/c1-2-6(11)5-7-12-3-4-13(7)8(9)10/h3-4,6,8H,2,5,11H2,1H3. The van der Waals surface area contributed by atoms with Gasteiger partial charge in [-0.3, -0.25) is 4.57 Å². The van der Waals surface area contributed by atoms with Crippen LogP contribution in [0.2, 0.25) is 0 Å². The number of hydrogen-bond acceptors (Lipinski definition) is 2. The number of hydrogen-bond donors (Lipinski definition) is 1. The number of aromatic nitrogens is 2. The zero-order valence-corrected chi connectivity index (χ0v) is 7.45. The number of nitrogens with zero attached hydrogens (tertiary/aromatic N) is 2. The average molecular weight is 189 g/mol. The van der Waals surface area contributed by atoms with Crippen molar-refractivity contribution in [1.29, 1.82) is 0 Å². The molecule has 0 saturated carbocycles. The van der Waals surface area contributed by atoms with Crippen LogP contribution in [0.15, 0.2) is 12.4 Å². The van der Waals surface area contributed by atoms with Crippen LogP contribution in [0, 0.1) is 0 Å². The van der Waals surface area contributed by atoms with E-state index in [1.54, 1.807) is 0 Å². The van der Waals surface area contributed by atoms with Gasteiger partial charge in [0.1, 0.15) is 5.82 Å². The summed E-state index contributed by atoms with van der Waals surface area (Å²) in [7, 11) is 0. The second kappa shape index (κ2) is 4.32. The van der Waals surface area contributed by atoms with Crippen LogP contribution in [0.3, 0.4) is 0 Å². The lowest BCUT2D eigenvalue weighted by molar-refractivity contribution is 0.0667. The minimum Gasteiger partial charge on any atom is -0.327 e. The Morgan fingerprint density at radius 3 is 2.85 bits per heavy atom. The highest BCUT2D eigenvalue weighted by Crippen LogP contribution is 2.13. The predicted octanol–water partition coefficient (Wildman–Crippen LogP) is 1.56. The third kappa shape index (κ3) is 2.48. The van der Waals surface area contributed by atoms with E-state index in [0.29, 0.717) is 12.2 Å². The van der Waals surface area contributed by atoms with Crippen molar-refractivity contribution in [1.82, 2.24) is 9.55 Å². The number of rotatable bonds is 4. The van der Waals surface area contributed by atoms with Gasteiger partial charge in [-0.25, -0.2) is 4.98 Å². The van der Waals surface area contributed by atoms with Crippen molar-refractivity contribution in [3.8, 4) is 0 Å². The molecule has 2 N–H and O–H groups in total. The highest BCUT2D eigenvalue weighted by Gasteiger charge is 2.12. The summed E-state index contributed by atoms with van der Waals surface area (Å²) >= 11 is 0. The maximum Gasteiger partial charge on any atom is 0.319 e. The number of halogens is 2. The molecule has 13 heavy (non-hydrogen) atoms. The van der Waals surface area contributed by atoms with Crippen molar-refractivity contribution < 1.29 is 8.78 Å². The van der Waals surface area contributed by atoms with E-state index in [0.717, 1.165) is 11.0 Å². The predicted molar refractivity (Wildman–Crippen MR) is 45.5 cm³/mol. The minimum atomic E-state index is -2.53. The molecule has 1 aromatic rings. The quantitative estimate of drug-likeness (QED) is 0.781. The molecule has 0 aliphatic rings. The molecule has 3 nitrogen and oxygen atoms in total. The zero-order valence-electron chi connectivity index (χ0n) is 7.45. The van der Waals surface area contributed by atoms with E-state index >= 15 is 0 Å². The van der Waals surface area contributed by atoms with Crippen molar-refractivity contribution in [3.63, 3.8) is 0 Å². The van der Waals surface area contributed by atoms with Crippen LogP contribution in [-0.4, -0.2) is 15.6 Å². The topological polar surface area (TPSA) is 43.8 Å². The number of nitrogens with two attached hydrogens (primary N) is 1. The van der Waals surface area contributed by atoms with Gasteiger partial charge in [-0.1, -0.05) is 6.92 Å². The van der Waals surface area contributed by atoms with E-state index in [9.17, 15) is 8.78 Å². The van der Waals surface area contributed by atoms with Gasteiger partial charge in [-0.2, -0.15) is 8.78 Å². The number of imidazole rings is 1. The fourth-order valence-electron chi connectivity index (χ4n) is 1.06. The van der Waals surface area contributed by atoms with Gasteiger partial charge in [0.2, 0.25) is 0 Å². The molecular weight excluding hydrogens is 176 g/mol. The van der Waals surface area contributed by atoms with Crippen molar-refractivity contribution in [3.05, 3.63) is 18.2 Å². The highest BCUT2D eigenvalue weighted by atomic mass is 19.3. The summed E-state index contributed by atoms with van der Waals surface area (Å²) in [5.41, 5.74) is 5.63. The summed E-state index contributed by atoms with van der Waals surface area (Å²) in [6, 6.07) is -0.0973. The van der Waals surface area contributed by atoms with Gasteiger partial charge in [0.15, 0.2) is 0 Å². The molecule has 0 aromatic carbocycles. The summed E-state index contributed by atoms with van der Waals surface area (Å²) in [6.07, 6.45) is 3.79. The second-order valence-corrected chi connectivity index (χ2v) is 2.90. The van der Waals surface area contributed by atoms with Crippen LogP contribution in [0.1, 0.15) is 25.7 Å². The van der Waals surface area contributed by atoms with Gasteiger partial charge in [0.05, 0.1) is 0 Å². The molecule has 1 unspecified atom stereocenters. The molecule has 0 bridgehead atoms. The third-order valence-corrected chi connectivity index (χ3v) is 1.93. The van der Waals surface area contributed by atoms with Crippen LogP contribution < -0.4 is 5.73 Å². The van der Waals surface area contributed by atoms with Crippen molar-refractivity contribution in [2.45, 2.75) is 32.4 Å². The average Bonchev–Trinajstić information content (AvgIpc) is 2.52. The maximum absolute atomic E-state index is 12.3. The first-order chi connectivity index (χ1) is 6.15. The van der Waals surface area contributed by atoms with Crippen LogP contribution in [0.5, 0.6) is 0 Å². The molecule has 0 radical (unpaired) electrons. The summed E-state index contributed by atoms with van der Waals surface area (Å²) in [5.74, 6) is 0.351. The van der Waals surface area contributed by atoms with Gasteiger partial charge in [0.25, 0.3) is 0 Å². The molecule has 0 spiro atoms. The first-order valence-corrected chi connectivity index (χ1v) is 4.20. The molecule has 1 rings (SSSR count). The largest absolute Gasteiger partial charge is 0.327 e. The molecule has 0 saturated heterocycles. The fraction of sp³-hybridized carbons (Fsp3) is 0.625. The van der Waals surface area contributed by atoms with E-state index in [-0.39, 0.29) is 6.04 Å². The van der Waals surface area contributed by atoms with Crippen molar-refractivity contribution >= 4 is 0 Å². The Labute approximate surface area is 75.6 Å². The van der Waals surface area contributed by atoms with Gasteiger partial charge < -0.3 is 5.73 Å². The normalized spacial score (nSPS) is 13.6. The van der Waals surface area contributed by atoms with Crippen LogP contribution in [-0.2, 0) is 6.42 Å². The number of alkyl halides is 2. The monoisotopic (exact) mass is 189 g/mol. The lowest BCUT2D eigenvalue weighted by Gasteiger charge is -2.10. The SMILES string of the molecule is CCC(N)Cc1nccn1C(F)F. The van der Waals surface area contributed by atoms with Crippen LogP contribution in [0.4, 0.5) is 8.78 Å². The van der Waals surface area contributed by atoms with Crippen LogP contribution >= 0.6 is 0 Å². The third-order valence-electron chi connectivity index (χ3n) is 1.93. The van der Waals surface area contributed by atoms with Gasteiger partial charge in [-0.15, -0.1) is 0 Å². The van der Waals surface area contributed by atoms with Gasteiger partial charge in [0, 0.05) is 24.9 Å². The first-order valence-electron chi connectivity index (χ1n) is 4.20. The Kier molecular flexibility index (Phi) is 3.36. The molecule has 1 aromatic heterocycles. The smallest absolute Gasteiger partial charge is 0.319 e. The summed E-state index contributed by atoms with van der Waals surface area (Å²) in [6.45, 7) is -0.609. The van der Waals surface area contributed by atoms with Gasteiger partial charge in [-0.05, 0) is 6.42 Å². The molecular formula is C8H13F2N3. The van der Waals surface area contributed by atoms with Crippen molar-refractivity contribution in [2.75, 3.05) is 0 Å². The van der Waals surface area contributed by atoms with E-state index in [2.05, 4.69) is 4.98 Å². The Morgan fingerprint density at radius 1 is 1.62 bits per heavy atom. The second-order valence-electron chi connectivity index (χ2n) is 2.90. The molecule has 0 aliphatic carbocycles. The first kappa shape index (κ1) is 10.1. The molecule has 0 fully saturated rings. The maximum atomic E-state index is 12.3. The molecule has 1 heterocycles. The van der Waals surface area contributed by atoms with Gasteiger partial charge >= 0.3 is 6.55 Å². The Bertz CT molecular complexity index is 260. The summed E-state index contributed by atoms with van der Waals surface area (Å²) < 4.78 is 25.4. The lowest BCUT2D eigenvalue weighted by Crippen LogP contribution is -2.23. The lowest BCUT2D eigenvalue weighted by atomic mass is 10.1. The summed E-state index contributed by atoms with van der Waals surface area (Å²) in [5, 5.41) is 0. The minimum absolute atomic E-state index is 0.0973. The van der Waals surface area contributed by atoms with E-state index in [4.69, 9.17) is 5.73 Å². The Balaban J connectivity index is 2.70. The highest BCUT2D eigenvalue weighted by molar-refractivity contribution is 4.95. The van der Waals surface area contributed by atoms with Crippen molar-refractivity contribution in [2.24, 2.45) is 5.73 Å². The fourth-order valence-corrected chi connectivity index (χ4v) is 1.06. The van der Waals surface area contributed by atoms with Crippen LogP contribution in [0.25, 0.3) is 0 Å². The molecule has 5 heteroatoms. The van der Waals surface area contributed by atoms with E-state index < -0.39 is 6.55 Å². The molecule has 0 amide bonds. The molecule has 0 aliphatic heterocycles. The van der Waals surface area contributed by atoms with E-state index in [1.807, 2.05) is 6.92 Å². The summed E-state index contributed by atoms with van der Waals surface area (Å²) in [4.78, 5) is 3.83. The zero-order chi connectivity index (χ0) is 9.84. The van der Waals surface area contributed by atoms with E-state index in [1.165, 1.54) is 12.4 Å². The molecule has 1 atom stereocenters.